The minimum Gasteiger partial charge on any atom is -0.372 e. The standard InChI is InChI=1S/C22H32N6O/c1-17-16-20(21(29)23-12-7-13-27(2)3)26-22(24-17)25-18-8-10-19(11-9-18)28-14-5-4-6-15-28/h8-11,16H,4-7,12-15H2,1-3H3,(H,23,29)(H,24,25,26). The molecule has 2 N–H and O–H groups in total. The molecule has 1 saturated heterocycles. The second-order valence-corrected chi connectivity index (χ2v) is 7.85. The lowest BCUT2D eigenvalue weighted by molar-refractivity contribution is 0.0947. The Labute approximate surface area is 173 Å². The van der Waals surface area contributed by atoms with Crippen molar-refractivity contribution in [2.75, 3.05) is 50.5 Å². The van der Waals surface area contributed by atoms with Gasteiger partial charge >= 0.3 is 0 Å². The summed E-state index contributed by atoms with van der Waals surface area (Å²) >= 11 is 0. The molecule has 2 heterocycles. The zero-order valence-electron chi connectivity index (χ0n) is 17.7. The van der Waals surface area contributed by atoms with Crippen LogP contribution in [0.15, 0.2) is 30.3 Å². The van der Waals surface area contributed by atoms with E-state index in [0.29, 0.717) is 18.2 Å². The van der Waals surface area contributed by atoms with Gasteiger partial charge < -0.3 is 20.4 Å². The Kier molecular flexibility index (Phi) is 7.41. The highest BCUT2D eigenvalue weighted by Crippen LogP contribution is 2.23. The van der Waals surface area contributed by atoms with E-state index >= 15 is 0 Å². The molecule has 1 aliphatic rings. The van der Waals surface area contributed by atoms with Gasteiger partial charge in [-0.3, -0.25) is 4.79 Å². The Hall–Kier alpha value is -2.67. The molecule has 1 aliphatic heterocycles. The van der Waals surface area contributed by atoms with Crippen LogP contribution in [-0.2, 0) is 0 Å². The van der Waals surface area contributed by atoms with Crippen LogP contribution >= 0.6 is 0 Å². The lowest BCUT2D eigenvalue weighted by Gasteiger charge is -2.28. The molecule has 0 saturated carbocycles. The molecule has 1 aromatic heterocycles. The zero-order valence-corrected chi connectivity index (χ0v) is 17.7. The van der Waals surface area contributed by atoms with E-state index in [-0.39, 0.29) is 5.91 Å². The van der Waals surface area contributed by atoms with Crippen molar-refractivity contribution in [1.29, 1.82) is 0 Å². The molecule has 0 spiro atoms. The Morgan fingerprint density at radius 3 is 2.52 bits per heavy atom. The van der Waals surface area contributed by atoms with Crippen molar-refractivity contribution in [3.05, 3.63) is 41.7 Å². The van der Waals surface area contributed by atoms with E-state index in [0.717, 1.165) is 37.4 Å². The minimum absolute atomic E-state index is 0.169. The molecule has 0 radical (unpaired) electrons. The molecule has 1 aromatic carbocycles. The molecular weight excluding hydrogens is 364 g/mol. The maximum absolute atomic E-state index is 12.4. The molecular formula is C22H32N6O. The Bertz CT molecular complexity index is 799. The first-order chi connectivity index (χ1) is 14.0. The molecule has 156 valence electrons. The average molecular weight is 397 g/mol. The van der Waals surface area contributed by atoms with Gasteiger partial charge in [0.2, 0.25) is 5.95 Å². The predicted octanol–water partition coefficient (Wildman–Crippen LogP) is 3.20. The van der Waals surface area contributed by atoms with Gasteiger partial charge in [-0.25, -0.2) is 9.97 Å². The number of hydrogen-bond acceptors (Lipinski definition) is 6. The topological polar surface area (TPSA) is 73.4 Å². The third kappa shape index (κ3) is 6.42. The number of hydrogen-bond donors (Lipinski definition) is 2. The summed E-state index contributed by atoms with van der Waals surface area (Å²) in [5, 5.41) is 6.15. The highest BCUT2D eigenvalue weighted by atomic mass is 16.1. The number of amides is 1. The fraction of sp³-hybridized carbons (Fsp3) is 0.500. The van der Waals surface area contributed by atoms with E-state index < -0.39 is 0 Å². The quantitative estimate of drug-likeness (QED) is 0.668. The van der Waals surface area contributed by atoms with Crippen molar-refractivity contribution < 1.29 is 4.79 Å². The SMILES string of the molecule is Cc1cc(C(=O)NCCCN(C)C)nc(Nc2ccc(N3CCCCC3)cc2)n1. The van der Waals surface area contributed by atoms with Crippen molar-refractivity contribution in [1.82, 2.24) is 20.2 Å². The smallest absolute Gasteiger partial charge is 0.270 e. The van der Waals surface area contributed by atoms with Crippen molar-refractivity contribution in [3.63, 3.8) is 0 Å². The Morgan fingerprint density at radius 1 is 1.10 bits per heavy atom. The number of anilines is 3. The van der Waals surface area contributed by atoms with E-state index in [9.17, 15) is 4.79 Å². The van der Waals surface area contributed by atoms with Gasteiger partial charge in [-0.05, 0) is 83.6 Å². The first-order valence-electron chi connectivity index (χ1n) is 10.4. The van der Waals surface area contributed by atoms with Crippen LogP contribution in [0.25, 0.3) is 0 Å². The van der Waals surface area contributed by atoms with E-state index in [1.54, 1.807) is 6.07 Å². The van der Waals surface area contributed by atoms with E-state index in [1.807, 2.05) is 33.2 Å². The first-order valence-corrected chi connectivity index (χ1v) is 10.4. The zero-order chi connectivity index (χ0) is 20.6. The highest BCUT2D eigenvalue weighted by molar-refractivity contribution is 5.92. The van der Waals surface area contributed by atoms with E-state index in [2.05, 4.69) is 42.5 Å². The summed E-state index contributed by atoms with van der Waals surface area (Å²) in [6.45, 7) is 5.68. The van der Waals surface area contributed by atoms with Crippen LogP contribution in [0.3, 0.4) is 0 Å². The van der Waals surface area contributed by atoms with Gasteiger partial charge in [-0.2, -0.15) is 0 Å². The minimum atomic E-state index is -0.169. The molecule has 1 fully saturated rings. The Morgan fingerprint density at radius 2 is 1.83 bits per heavy atom. The van der Waals surface area contributed by atoms with Gasteiger partial charge in [0.15, 0.2) is 0 Å². The van der Waals surface area contributed by atoms with Gasteiger partial charge in [-0.15, -0.1) is 0 Å². The molecule has 0 aliphatic carbocycles. The van der Waals surface area contributed by atoms with Crippen LogP contribution < -0.4 is 15.5 Å². The van der Waals surface area contributed by atoms with Crippen molar-refractivity contribution in [2.45, 2.75) is 32.6 Å². The summed E-state index contributed by atoms with van der Waals surface area (Å²) in [4.78, 5) is 25.8. The van der Waals surface area contributed by atoms with Crippen molar-refractivity contribution >= 4 is 23.2 Å². The lowest BCUT2D eigenvalue weighted by Crippen LogP contribution is -2.29. The third-order valence-electron chi connectivity index (χ3n) is 5.00. The first kappa shape index (κ1) is 21.0. The number of aromatic nitrogens is 2. The van der Waals surface area contributed by atoms with Gasteiger partial charge in [-0.1, -0.05) is 0 Å². The molecule has 7 heteroatoms. The normalized spacial score (nSPS) is 14.1. The van der Waals surface area contributed by atoms with Gasteiger partial charge in [0.05, 0.1) is 0 Å². The fourth-order valence-electron chi connectivity index (χ4n) is 3.47. The Balaban J connectivity index is 1.61. The van der Waals surface area contributed by atoms with Gasteiger partial charge in [0.25, 0.3) is 5.91 Å². The highest BCUT2D eigenvalue weighted by Gasteiger charge is 2.12. The van der Waals surface area contributed by atoms with Crippen LogP contribution in [0, 0.1) is 6.92 Å². The number of benzene rings is 1. The number of aryl methyl sites for hydroxylation is 1. The maximum atomic E-state index is 12.4. The van der Waals surface area contributed by atoms with Crippen LogP contribution in [0.2, 0.25) is 0 Å². The van der Waals surface area contributed by atoms with E-state index in [4.69, 9.17) is 0 Å². The molecule has 0 unspecified atom stereocenters. The molecule has 1 amide bonds. The molecule has 7 nitrogen and oxygen atoms in total. The number of carbonyl (C=O) groups excluding carboxylic acids is 1. The summed E-state index contributed by atoms with van der Waals surface area (Å²) in [5.41, 5.74) is 3.30. The molecule has 29 heavy (non-hydrogen) atoms. The third-order valence-corrected chi connectivity index (χ3v) is 5.00. The number of nitrogens with one attached hydrogen (secondary N) is 2. The second kappa shape index (κ2) is 10.2. The molecule has 2 aromatic rings. The predicted molar refractivity (Wildman–Crippen MR) is 118 cm³/mol. The maximum Gasteiger partial charge on any atom is 0.270 e. The molecule has 0 bridgehead atoms. The van der Waals surface area contributed by atoms with Gasteiger partial charge in [0.1, 0.15) is 5.69 Å². The summed E-state index contributed by atoms with van der Waals surface area (Å²) < 4.78 is 0. The molecule has 0 atom stereocenters. The molecule has 3 rings (SSSR count). The van der Waals surface area contributed by atoms with Gasteiger partial charge in [0, 0.05) is 36.7 Å². The summed E-state index contributed by atoms with van der Waals surface area (Å²) in [5.74, 6) is 0.270. The van der Waals surface area contributed by atoms with Crippen molar-refractivity contribution in [2.24, 2.45) is 0 Å². The number of carbonyl (C=O) groups is 1. The van der Waals surface area contributed by atoms with Crippen LogP contribution in [0.5, 0.6) is 0 Å². The largest absolute Gasteiger partial charge is 0.372 e. The average Bonchev–Trinajstić information content (AvgIpc) is 2.71. The van der Waals surface area contributed by atoms with Crippen LogP contribution in [-0.4, -0.2) is 61.0 Å². The van der Waals surface area contributed by atoms with Crippen molar-refractivity contribution in [3.8, 4) is 0 Å². The van der Waals surface area contributed by atoms with E-state index in [1.165, 1.54) is 24.9 Å². The lowest BCUT2D eigenvalue weighted by atomic mass is 10.1. The summed E-state index contributed by atoms with van der Waals surface area (Å²) in [7, 11) is 4.04. The number of rotatable bonds is 8. The summed E-state index contributed by atoms with van der Waals surface area (Å²) in [6, 6.07) is 10.0. The fourth-order valence-corrected chi connectivity index (χ4v) is 3.47. The van der Waals surface area contributed by atoms with Crippen LogP contribution in [0.1, 0.15) is 41.9 Å². The second-order valence-electron chi connectivity index (χ2n) is 7.85. The van der Waals surface area contributed by atoms with Crippen LogP contribution in [0.4, 0.5) is 17.3 Å². The number of piperidine rings is 1. The summed E-state index contributed by atoms with van der Waals surface area (Å²) in [6.07, 6.45) is 4.75. The monoisotopic (exact) mass is 396 g/mol. The number of nitrogens with zero attached hydrogens (tertiary/aromatic N) is 4.